The lowest BCUT2D eigenvalue weighted by atomic mass is 9.69. The number of nitro groups is 1. The summed E-state index contributed by atoms with van der Waals surface area (Å²) < 4.78 is 0.698. The first-order valence-corrected chi connectivity index (χ1v) is 13.8. The Balaban J connectivity index is 1.49. The molecule has 2 aromatic carbocycles. The Morgan fingerprint density at radius 2 is 1.86 bits per heavy atom. The zero-order valence-electron chi connectivity index (χ0n) is 20.1. The monoisotopic (exact) mass is 554 g/mol. The summed E-state index contributed by atoms with van der Waals surface area (Å²) in [6, 6.07) is 13.7. The highest BCUT2D eigenvalue weighted by Gasteiger charge is 2.45. The number of hydrogen-bond donors (Lipinski definition) is 0. The molecule has 0 bridgehead atoms. The Bertz CT molecular complexity index is 1430. The van der Waals surface area contributed by atoms with Crippen LogP contribution < -0.4 is 4.90 Å². The van der Waals surface area contributed by atoms with Gasteiger partial charge in [0, 0.05) is 52.9 Å². The molecule has 3 aromatic rings. The maximum atomic E-state index is 13.5. The summed E-state index contributed by atoms with van der Waals surface area (Å²) in [6.45, 7) is 4.02. The Hall–Kier alpha value is -3.08. The van der Waals surface area contributed by atoms with Gasteiger partial charge in [-0.05, 0) is 29.0 Å². The van der Waals surface area contributed by atoms with Crippen molar-refractivity contribution in [2.24, 2.45) is 5.41 Å². The molecule has 2 heterocycles. The predicted molar refractivity (Wildman–Crippen MR) is 144 cm³/mol. The van der Waals surface area contributed by atoms with Crippen LogP contribution in [-0.2, 0) is 15.3 Å². The topological polar surface area (TPSA) is 106 Å². The molecular weight excluding hydrogens is 532 g/mol. The number of rotatable bonds is 6. The molecule has 0 saturated carbocycles. The van der Waals surface area contributed by atoms with Crippen molar-refractivity contribution in [2.75, 3.05) is 4.90 Å². The van der Waals surface area contributed by atoms with Gasteiger partial charge in [-0.2, -0.15) is 0 Å². The number of benzene rings is 2. The fourth-order valence-electron chi connectivity index (χ4n) is 4.86. The van der Waals surface area contributed by atoms with Gasteiger partial charge in [0.1, 0.15) is 0 Å². The molecule has 11 heteroatoms. The molecule has 190 valence electrons. The predicted octanol–water partition coefficient (Wildman–Crippen LogP) is 6.56. The first-order chi connectivity index (χ1) is 17.6. The van der Waals surface area contributed by atoms with Crippen LogP contribution in [0.3, 0.4) is 0 Å². The van der Waals surface area contributed by atoms with E-state index in [4.69, 9.17) is 11.6 Å². The summed E-state index contributed by atoms with van der Waals surface area (Å²) in [7, 11) is 0. The molecule has 37 heavy (non-hydrogen) atoms. The van der Waals surface area contributed by atoms with Crippen LogP contribution in [0, 0.1) is 15.5 Å². The van der Waals surface area contributed by atoms with E-state index in [2.05, 4.69) is 10.2 Å². The highest BCUT2D eigenvalue weighted by molar-refractivity contribution is 8.00. The van der Waals surface area contributed by atoms with Crippen LogP contribution in [0.2, 0.25) is 5.02 Å². The number of halogens is 1. The molecule has 1 atom stereocenters. The second-order valence-electron chi connectivity index (χ2n) is 9.87. The van der Waals surface area contributed by atoms with E-state index in [1.165, 1.54) is 35.2 Å². The van der Waals surface area contributed by atoms with Gasteiger partial charge in [-0.15, -0.1) is 10.2 Å². The number of thioether (sulfide) groups is 1. The van der Waals surface area contributed by atoms with Crippen molar-refractivity contribution in [2.45, 2.75) is 49.1 Å². The zero-order chi connectivity index (χ0) is 26.3. The number of non-ortho nitro benzene ring substituents is 1. The van der Waals surface area contributed by atoms with E-state index in [0.29, 0.717) is 49.9 Å². The van der Waals surface area contributed by atoms with Crippen LogP contribution in [0.25, 0.3) is 0 Å². The van der Waals surface area contributed by atoms with E-state index in [1.807, 2.05) is 38.1 Å². The van der Waals surface area contributed by atoms with Crippen molar-refractivity contribution in [3.05, 3.63) is 86.1 Å². The Morgan fingerprint density at radius 1 is 1.14 bits per heavy atom. The van der Waals surface area contributed by atoms with E-state index in [0.717, 1.165) is 5.56 Å². The lowest BCUT2D eigenvalue weighted by molar-refractivity contribution is -0.384. The van der Waals surface area contributed by atoms with Crippen molar-refractivity contribution in [1.82, 2.24) is 10.2 Å². The van der Waals surface area contributed by atoms with E-state index in [-0.39, 0.29) is 29.2 Å². The van der Waals surface area contributed by atoms with Gasteiger partial charge in [-0.25, -0.2) is 0 Å². The number of nitro benzene ring substituents is 1. The highest BCUT2D eigenvalue weighted by atomic mass is 35.5. The molecule has 1 aliphatic heterocycles. The minimum Gasteiger partial charge on any atom is -0.294 e. The maximum absolute atomic E-state index is 13.5. The summed E-state index contributed by atoms with van der Waals surface area (Å²) >= 11 is 9.07. The maximum Gasteiger partial charge on any atom is 0.269 e. The van der Waals surface area contributed by atoms with Gasteiger partial charge in [0.15, 0.2) is 10.1 Å². The Labute approximate surface area is 226 Å². The highest BCUT2D eigenvalue weighted by Crippen LogP contribution is 2.49. The van der Waals surface area contributed by atoms with Crippen molar-refractivity contribution in [1.29, 1.82) is 0 Å². The fraction of sp³-hybridized carbons (Fsp3) is 0.308. The lowest BCUT2D eigenvalue weighted by Crippen LogP contribution is -2.43. The third-order valence-electron chi connectivity index (χ3n) is 6.55. The molecule has 2 aliphatic rings. The summed E-state index contributed by atoms with van der Waals surface area (Å²) in [5.41, 5.74) is 2.59. The number of allylic oxidation sites excluding steroid dienone is 2. The fourth-order valence-corrected chi connectivity index (χ4v) is 7.03. The van der Waals surface area contributed by atoms with Crippen LogP contribution in [0.5, 0.6) is 0 Å². The smallest absolute Gasteiger partial charge is 0.269 e. The number of nitrogens with zero attached hydrogens (tertiary/aromatic N) is 4. The van der Waals surface area contributed by atoms with Crippen molar-refractivity contribution in [3.63, 3.8) is 0 Å². The molecular formula is C26H23ClN4O4S2. The van der Waals surface area contributed by atoms with Crippen LogP contribution >= 0.6 is 34.7 Å². The molecule has 0 spiro atoms. The largest absolute Gasteiger partial charge is 0.294 e. The average Bonchev–Trinajstić information content (AvgIpc) is 3.30. The summed E-state index contributed by atoms with van der Waals surface area (Å²) in [5.74, 6) is -0.0225. The minimum atomic E-state index is -0.465. The molecule has 1 amide bonds. The average molecular weight is 555 g/mol. The molecule has 1 aliphatic carbocycles. The molecule has 0 radical (unpaired) electrons. The summed E-state index contributed by atoms with van der Waals surface area (Å²) in [5, 5.41) is 20.8. The number of carbonyl (C=O) groups excluding carboxylic acids is 2. The SMILES string of the molecule is CC1(C)CC(=O)C2=C(C1)N(c1nnc(SCc3ccccc3Cl)s1)C(=O)C[C@H]2c1ccc([N+](=O)[O-])cc1. The zero-order valence-corrected chi connectivity index (χ0v) is 22.5. The van der Waals surface area contributed by atoms with E-state index < -0.39 is 10.8 Å². The Morgan fingerprint density at radius 3 is 2.57 bits per heavy atom. The van der Waals surface area contributed by atoms with Crippen molar-refractivity contribution in [3.8, 4) is 0 Å². The number of ketones is 1. The van der Waals surface area contributed by atoms with Crippen LogP contribution in [0.1, 0.15) is 50.2 Å². The molecule has 0 N–H and O–H groups in total. The van der Waals surface area contributed by atoms with Crippen molar-refractivity contribution < 1.29 is 14.5 Å². The van der Waals surface area contributed by atoms with Crippen LogP contribution in [-0.4, -0.2) is 26.8 Å². The number of aromatic nitrogens is 2. The summed E-state index contributed by atoms with van der Waals surface area (Å²) in [6.07, 6.45) is 0.974. The van der Waals surface area contributed by atoms with E-state index in [9.17, 15) is 19.7 Å². The number of Topliss-reactive ketones (excluding diaryl/α,β-unsaturated/α-hetero) is 1. The van der Waals surface area contributed by atoms with Gasteiger partial charge >= 0.3 is 0 Å². The van der Waals surface area contributed by atoms with Gasteiger partial charge < -0.3 is 0 Å². The quantitative estimate of drug-likeness (QED) is 0.147. The van der Waals surface area contributed by atoms with Crippen LogP contribution in [0.15, 0.2) is 64.1 Å². The van der Waals surface area contributed by atoms with Gasteiger partial charge in [-0.3, -0.25) is 24.6 Å². The first-order valence-electron chi connectivity index (χ1n) is 11.7. The lowest BCUT2D eigenvalue weighted by Gasteiger charge is -2.41. The van der Waals surface area contributed by atoms with E-state index >= 15 is 0 Å². The van der Waals surface area contributed by atoms with Crippen LogP contribution in [0.4, 0.5) is 10.8 Å². The third-order valence-corrected chi connectivity index (χ3v) is 9.00. The van der Waals surface area contributed by atoms with Crippen molar-refractivity contribution >= 4 is 57.2 Å². The van der Waals surface area contributed by atoms with E-state index in [1.54, 1.807) is 17.0 Å². The second-order valence-corrected chi connectivity index (χ2v) is 12.5. The minimum absolute atomic E-state index is 0.00932. The molecule has 0 fully saturated rings. The third kappa shape index (κ3) is 5.18. The molecule has 5 rings (SSSR count). The normalized spacial score (nSPS) is 19.2. The van der Waals surface area contributed by atoms with Gasteiger partial charge in [0.25, 0.3) is 5.69 Å². The molecule has 0 unspecified atom stereocenters. The van der Waals surface area contributed by atoms with Gasteiger partial charge in [0.05, 0.1) is 4.92 Å². The number of anilines is 1. The number of hydrogen-bond acceptors (Lipinski definition) is 8. The molecule has 8 nitrogen and oxygen atoms in total. The standard InChI is InChI=1S/C26H23ClN4O4S2/c1-26(2)12-20-23(21(32)13-26)18(15-7-9-17(10-8-15)31(34)35)11-22(33)30(20)24-28-29-25(37-24)36-14-16-5-3-4-6-19(16)27/h3-10,18H,11-14H2,1-2H3/t18-/m0/s1. The summed E-state index contributed by atoms with van der Waals surface area (Å²) in [4.78, 5) is 39.2. The first kappa shape index (κ1) is 25.6. The van der Waals surface area contributed by atoms with Gasteiger partial charge in [-0.1, -0.05) is 78.9 Å². The Kier molecular flexibility index (Phi) is 6.91. The molecule has 0 saturated heterocycles. The number of carbonyl (C=O) groups is 2. The number of amides is 1. The second kappa shape index (κ2) is 10.00. The van der Waals surface area contributed by atoms with Gasteiger partial charge in [0.2, 0.25) is 11.0 Å². The molecule has 1 aromatic heterocycles.